The molecule has 7 heteroatoms. The SMILES string of the molecule is CCNC(=NCC(C)c1c(C)noc1C)NC(C)c1ccc(Cl)cc1Cl. The van der Waals surface area contributed by atoms with Crippen LogP contribution in [0.4, 0.5) is 0 Å². The molecule has 0 spiro atoms. The molecule has 0 fully saturated rings. The minimum Gasteiger partial charge on any atom is -0.361 e. The van der Waals surface area contributed by atoms with Gasteiger partial charge in [-0.25, -0.2) is 0 Å². The van der Waals surface area contributed by atoms with E-state index in [9.17, 15) is 0 Å². The van der Waals surface area contributed by atoms with Gasteiger partial charge in [0.1, 0.15) is 5.76 Å². The summed E-state index contributed by atoms with van der Waals surface area (Å²) in [6, 6.07) is 5.51. The summed E-state index contributed by atoms with van der Waals surface area (Å²) in [6.07, 6.45) is 0. The number of aryl methyl sites for hydroxylation is 2. The first-order chi connectivity index (χ1) is 12.3. The van der Waals surface area contributed by atoms with E-state index in [2.05, 4.69) is 22.7 Å². The van der Waals surface area contributed by atoms with E-state index >= 15 is 0 Å². The van der Waals surface area contributed by atoms with E-state index in [0.717, 1.165) is 35.1 Å². The van der Waals surface area contributed by atoms with E-state index < -0.39 is 0 Å². The van der Waals surface area contributed by atoms with Gasteiger partial charge < -0.3 is 15.2 Å². The van der Waals surface area contributed by atoms with Crippen LogP contribution >= 0.6 is 23.2 Å². The van der Waals surface area contributed by atoms with Gasteiger partial charge in [-0.2, -0.15) is 0 Å². The number of hydrogen-bond donors (Lipinski definition) is 2. The van der Waals surface area contributed by atoms with Crippen molar-refractivity contribution >= 4 is 29.2 Å². The Kier molecular flexibility index (Phi) is 7.35. The number of rotatable bonds is 6. The third-order valence-corrected chi connectivity index (χ3v) is 4.79. The zero-order valence-corrected chi connectivity index (χ0v) is 17.4. The number of halogens is 2. The minimum absolute atomic E-state index is 0.00747. The Labute approximate surface area is 165 Å². The molecule has 0 aliphatic heterocycles. The van der Waals surface area contributed by atoms with E-state index in [0.29, 0.717) is 16.6 Å². The zero-order valence-electron chi connectivity index (χ0n) is 15.9. The lowest BCUT2D eigenvalue weighted by molar-refractivity contribution is 0.391. The van der Waals surface area contributed by atoms with Crippen molar-refractivity contribution in [2.24, 2.45) is 4.99 Å². The van der Waals surface area contributed by atoms with Crippen LogP contribution in [-0.4, -0.2) is 24.2 Å². The monoisotopic (exact) mass is 396 g/mol. The molecule has 0 amide bonds. The molecule has 2 rings (SSSR count). The largest absolute Gasteiger partial charge is 0.361 e. The molecule has 1 heterocycles. The molecular formula is C19H26Cl2N4O. The minimum atomic E-state index is -0.00747. The van der Waals surface area contributed by atoms with E-state index in [1.54, 1.807) is 6.07 Å². The van der Waals surface area contributed by atoms with Gasteiger partial charge >= 0.3 is 0 Å². The fraction of sp³-hybridized carbons (Fsp3) is 0.474. The summed E-state index contributed by atoms with van der Waals surface area (Å²) in [5.41, 5.74) is 3.02. The lowest BCUT2D eigenvalue weighted by Crippen LogP contribution is -2.39. The highest BCUT2D eigenvalue weighted by Gasteiger charge is 2.17. The van der Waals surface area contributed by atoms with E-state index in [1.807, 2.05) is 39.8 Å². The number of guanidine groups is 1. The fourth-order valence-corrected chi connectivity index (χ4v) is 3.54. The summed E-state index contributed by atoms with van der Waals surface area (Å²) < 4.78 is 5.26. The standard InChI is InChI=1S/C19H26Cl2N4O/c1-6-22-19(23-10-11(2)18-13(4)25-26-14(18)5)24-12(3)16-8-7-15(20)9-17(16)21/h7-9,11-12H,6,10H2,1-5H3,(H2,22,23,24). The van der Waals surface area contributed by atoms with E-state index in [1.165, 1.54) is 0 Å². The van der Waals surface area contributed by atoms with Crippen LogP contribution in [0.25, 0.3) is 0 Å². The first-order valence-corrected chi connectivity index (χ1v) is 9.51. The van der Waals surface area contributed by atoms with Gasteiger partial charge in [-0.1, -0.05) is 41.3 Å². The number of aromatic nitrogens is 1. The Hall–Kier alpha value is -1.72. The van der Waals surface area contributed by atoms with Gasteiger partial charge in [0, 0.05) is 34.6 Å². The van der Waals surface area contributed by atoms with Crippen molar-refractivity contribution in [1.82, 2.24) is 15.8 Å². The molecule has 2 unspecified atom stereocenters. The van der Waals surface area contributed by atoms with Gasteiger partial charge in [0.05, 0.1) is 11.7 Å². The maximum Gasteiger partial charge on any atom is 0.191 e. The highest BCUT2D eigenvalue weighted by atomic mass is 35.5. The first kappa shape index (κ1) is 20.6. The quantitative estimate of drug-likeness (QED) is 0.531. The predicted molar refractivity (Wildman–Crippen MR) is 108 cm³/mol. The molecule has 0 bridgehead atoms. The molecule has 1 aromatic heterocycles. The molecule has 2 N–H and O–H groups in total. The van der Waals surface area contributed by atoms with Crippen molar-refractivity contribution < 1.29 is 4.52 Å². The molecule has 26 heavy (non-hydrogen) atoms. The maximum absolute atomic E-state index is 6.31. The van der Waals surface area contributed by atoms with E-state index in [-0.39, 0.29) is 12.0 Å². The summed E-state index contributed by atoms with van der Waals surface area (Å²) >= 11 is 12.3. The van der Waals surface area contributed by atoms with Gasteiger partial charge in [0.25, 0.3) is 0 Å². The molecule has 0 aliphatic rings. The molecular weight excluding hydrogens is 371 g/mol. The molecule has 2 atom stereocenters. The van der Waals surface area contributed by atoms with Crippen molar-refractivity contribution in [2.75, 3.05) is 13.1 Å². The Morgan fingerprint density at radius 1 is 1.27 bits per heavy atom. The van der Waals surface area contributed by atoms with Gasteiger partial charge in [-0.3, -0.25) is 4.99 Å². The third-order valence-electron chi connectivity index (χ3n) is 4.23. The van der Waals surface area contributed by atoms with Crippen LogP contribution in [0.2, 0.25) is 10.0 Å². The Bertz CT molecular complexity index is 753. The second-order valence-corrected chi connectivity index (χ2v) is 7.23. The number of nitrogens with zero attached hydrogens (tertiary/aromatic N) is 2. The Balaban J connectivity index is 2.11. The topological polar surface area (TPSA) is 62.5 Å². The zero-order chi connectivity index (χ0) is 19.3. The molecule has 0 radical (unpaired) electrons. The highest BCUT2D eigenvalue weighted by molar-refractivity contribution is 6.35. The van der Waals surface area contributed by atoms with Crippen molar-refractivity contribution in [1.29, 1.82) is 0 Å². The normalized spacial score (nSPS) is 14.2. The molecule has 0 aliphatic carbocycles. The molecule has 0 saturated heterocycles. The molecule has 142 valence electrons. The summed E-state index contributed by atoms with van der Waals surface area (Å²) in [7, 11) is 0. The first-order valence-electron chi connectivity index (χ1n) is 8.76. The van der Waals surface area contributed by atoms with Gasteiger partial charge in [0.2, 0.25) is 0 Å². The van der Waals surface area contributed by atoms with Crippen LogP contribution in [0.15, 0.2) is 27.7 Å². The molecule has 2 aromatic rings. The average molecular weight is 397 g/mol. The predicted octanol–water partition coefficient (Wildman–Crippen LogP) is 5.02. The van der Waals surface area contributed by atoms with Gasteiger partial charge in [-0.05, 0) is 45.4 Å². The Morgan fingerprint density at radius 3 is 2.58 bits per heavy atom. The second-order valence-electron chi connectivity index (χ2n) is 6.39. The van der Waals surface area contributed by atoms with Crippen molar-refractivity contribution in [3.8, 4) is 0 Å². The molecule has 0 saturated carbocycles. The second kappa shape index (κ2) is 9.28. The van der Waals surface area contributed by atoms with Crippen molar-refractivity contribution in [3.05, 3.63) is 50.8 Å². The number of aliphatic imine (C=N–C) groups is 1. The lowest BCUT2D eigenvalue weighted by Gasteiger charge is -2.20. The van der Waals surface area contributed by atoms with Crippen LogP contribution in [0.5, 0.6) is 0 Å². The van der Waals surface area contributed by atoms with Crippen molar-refractivity contribution in [3.63, 3.8) is 0 Å². The van der Waals surface area contributed by atoms with Crippen LogP contribution in [0.1, 0.15) is 55.3 Å². The smallest absolute Gasteiger partial charge is 0.191 e. The van der Waals surface area contributed by atoms with Crippen LogP contribution in [-0.2, 0) is 0 Å². The summed E-state index contributed by atoms with van der Waals surface area (Å²) in [4.78, 5) is 4.72. The summed E-state index contributed by atoms with van der Waals surface area (Å²) in [5, 5.41) is 12.0. The van der Waals surface area contributed by atoms with Crippen LogP contribution in [0, 0.1) is 13.8 Å². The summed E-state index contributed by atoms with van der Waals surface area (Å²) in [5.74, 6) is 1.81. The van der Waals surface area contributed by atoms with Crippen LogP contribution < -0.4 is 10.6 Å². The maximum atomic E-state index is 6.31. The van der Waals surface area contributed by atoms with Crippen molar-refractivity contribution in [2.45, 2.75) is 46.6 Å². The van der Waals surface area contributed by atoms with Gasteiger partial charge in [0.15, 0.2) is 5.96 Å². The number of nitrogens with one attached hydrogen (secondary N) is 2. The lowest BCUT2D eigenvalue weighted by atomic mass is 10.00. The Morgan fingerprint density at radius 2 is 2.00 bits per heavy atom. The molecule has 5 nitrogen and oxygen atoms in total. The number of hydrogen-bond acceptors (Lipinski definition) is 3. The fourth-order valence-electron chi connectivity index (χ4n) is 2.97. The third kappa shape index (κ3) is 5.15. The van der Waals surface area contributed by atoms with E-state index in [4.69, 9.17) is 32.7 Å². The summed E-state index contributed by atoms with van der Waals surface area (Å²) in [6.45, 7) is 11.5. The van der Waals surface area contributed by atoms with Crippen LogP contribution in [0.3, 0.4) is 0 Å². The average Bonchev–Trinajstić information content (AvgIpc) is 2.91. The number of benzene rings is 1. The highest BCUT2D eigenvalue weighted by Crippen LogP contribution is 2.26. The van der Waals surface area contributed by atoms with Gasteiger partial charge in [-0.15, -0.1) is 0 Å². The molecule has 1 aromatic carbocycles.